The third-order valence-electron chi connectivity index (χ3n) is 3.83. The van der Waals surface area contributed by atoms with Crippen LogP contribution < -0.4 is 0 Å². The van der Waals surface area contributed by atoms with Gasteiger partial charge in [0.25, 0.3) is 0 Å². The molecule has 5 heteroatoms. The van der Waals surface area contributed by atoms with E-state index in [1.54, 1.807) is 0 Å². The molecule has 0 saturated heterocycles. The molecule has 1 saturated carbocycles. The molecule has 106 valence electrons. The van der Waals surface area contributed by atoms with Crippen LogP contribution in [0.15, 0.2) is 24.3 Å². The molecule has 1 aliphatic rings. The van der Waals surface area contributed by atoms with Crippen LogP contribution in [0.2, 0.25) is 5.15 Å². The minimum absolute atomic E-state index is 0.0396. The van der Waals surface area contributed by atoms with Gasteiger partial charge in [0.15, 0.2) is 5.15 Å². The lowest BCUT2D eigenvalue weighted by Gasteiger charge is -2.20. The zero-order chi connectivity index (χ0) is 14.2. The van der Waals surface area contributed by atoms with Gasteiger partial charge in [-0.25, -0.2) is 18.7 Å². The number of fused-ring (bicyclic) bond motifs is 1. The van der Waals surface area contributed by atoms with E-state index in [-0.39, 0.29) is 23.9 Å². The van der Waals surface area contributed by atoms with Crippen LogP contribution in [0.4, 0.5) is 8.78 Å². The molecular formula is C15H15ClF2N2. The zero-order valence-electron chi connectivity index (χ0n) is 11.0. The van der Waals surface area contributed by atoms with Gasteiger partial charge in [-0.1, -0.05) is 30.2 Å². The minimum atomic E-state index is -2.63. The smallest absolute Gasteiger partial charge is 0.248 e. The fraction of sp³-hybridized carbons (Fsp3) is 0.467. The number of aromatic nitrogens is 2. The predicted octanol–water partition coefficient (Wildman–Crippen LogP) is 4.97. The van der Waals surface area contributed by atoms with Crippen LogP contribution in [0.1, 0.15) is 43.7 Å². The van der Waals surface area contributed by atoms with E-state index >= 15 is 0 Å². The first-order valence-electron chi connectivity index (χ1n) is 6.85. The van der Waals surface area contributed by atoms with E-state index in [0.29, 0.717) is 29.6 Å². The van der Waals surface area contributed by atoms with Gasteiger partial charge in [-0.3, -0.25) is 0 Å². The van der Waals surface area contributed by atoms with Gasteiger partial charge in [0.05, 0.1) is 16.7 Å². The van der Waals surface area contributed by atoms with Crippen molar-refractivity contribution in [2.45, 2.75) is 43.9 Å². The van der Waals surface area contributed by atoms with Crippen LogP contribution in [-0.2, 0) is 0 Å². The fourth-order valence-electron chi connectivity index (χ4n) is 2.82. The largest absolute Gasteiger partial charge is 0.248 e. The normalized spacial score (nSPS) is 22.6. The Hall–Kier alpha value is -1.29. The van der Waals surface area contributed by atoms with Crippen LogP contribution >= 0.6 is 11.6 Å². The predicted molar refractivity (Wildman–Crippen MR) is 75.3 cm³/mol. The molecule has 20 heavy (non-hydrogen) atoms. The molecule has 1 aromatic heterocycles. The van der Waals surface area contributed by atoms with Crippen molar-refractivity contribution in [2.75, 3.05) is 0 Å². The maximum atomic E-state index is 13.8. The van der Waals surface area contributed by atoms with E-state index in [1.165, 1.54) is 0 Å². The summed E-state index contributed by atoms with van der Waals surface area (Å²) in [5.74, 6) is -2.94. The molecule has 1 unspecified atom stereocenters. The van der Waals surface area contributed by atoms with E-state index in [9.17, 15) is 8.78 Å². The summed E-state index contributed by atoms with van der Waals surface area (Å²) in [5, 5.41) is 0.256. The van der Waals surface area contributed by atoms with Crippen molar-refractivity contribution >= 4 is 22.6 Å². The van der Waals surface area contributed by atoms with Crippen molar-refractivity contribution in [3.8, 4) is 0 Å². The maximum Gasteiger partial charge on any atom is 0.248 e. The van der Waals surface area contributed by atoms with Crippen molar-refractivity contribution in [3.63, 3.8) is 0 Å². The van der Waals surface area contributed by atoms with Crippen molar-refractivity contribution in [2.24, 2.45) is 0 Å². The second-order valence-electron chi connectivity index (χ2n) is 5.39. The fourth-order valence-corrected chi connectivity index (χ4v) is 3.11. The van der Waals surface area contributed by atoms with E-state index in [2.05, 4.69) is 9.97 Å². The number of rotatable bonds is 1. The van der Waals surface area contributed by atoms with Crippen molar-refractivity contribution in [1.82, 2.24) is 9.97 Å². The molecule has 0 aliphatic heterocycles. The van der Waals surface area contributed by atoms with Crippen molar-refractivity contribution in [1.29, 1.82) is 0 Å². The highest BCUT2D eigenvalue weighted by molar-refractivity contribution is 6.30. The topological polar surface area (TPSA) is 25.8 Å². The highest BCUT2D eigenvalue weighted by Crippen LogP contribution is 2.41. The van der Waals surface area contributed by atoms with Crippen molar-refractivity contribution < 1.29 is 8.78 Å². The average Bonchev–Trinajstić information content (AvgIpc) is 2.58. The van der Waals surface area contributed by atoms with Crippen LogP contribution in [0.3, 0.4) is 0 Å². The van der Waals surface area contributed by atoms with E-state index < -0.39 is 5.92 Å². The summed E-state index contributed by atoms with van der Waals surface area (Å²) < 4.78 is 27.5. The zero-order valence-corrected chi connectivity index (χ0v) is 11.7. The molecule has 2 aromatic rings. The summed E-state index contributed by atoms with van der Waals surface area (Å²) in [6.07, 6.45) is 1.82. The maximum absolute atomic E-state index is 13.8. The molecular weight excluding hydrogens is 282 g/mol. The molecule has 1 fully saturated rings. The highest BCUT2D eigenvalue weighted by atomic mass is 35.5. The van der Waals surface area contributed by atoms with Gasteiger partial charge in [0.1, 0.15) is 0 Å². The molecule has 1 atom stereocenters. The number of alkyl halides is 2. The number of hydrogen-bond donors (Lipinski definition) is 0. The second-order valence-corrected chi connectivity index (χ2v) is 5.75. The number of halogens is 3. The number of para-hydroxylation sites is 2. The lowest BCUT2D eigenvalue weighted by Crippen LogP contribution is -2.18. The van der Waals surface area contributed by atoms with E-state index in [0.717, 1.165) is 6.42 Å². The van der Waals surface area contributed by atoms with Gasteiger partial charge in [0.2, 0.25) is 5.92 Å². The third kappa shape index (κ3) is 2.75. The van der Waals surface area contributed by atoms with Gasteiger partial charge in [-0.2, -0.15) is 0 Å². The standard InChI is InChI=1S/C15H15ClF2N2/c16-14-13(10-5-3-4-8-15(17,18)9-10)19-11-6-1-2-7-12(11)20-14/h1-2,6-7,10H,3-5,8-9H2. The Bertz CT molecular complexity index is 630. The molecule has 0 bridgehead atoms. The van der Waals surface area contributed by atoms with Crippen LogP contribution in [0.5, 0.6) is 0 Å². The minimum Gasteiger partial charge on any atom is -0.248 e. The Morgan fingerprint density at radius 3 is 2.55 bits per heavy atom. The molecule has 2 nitrogen and oxygen atoms in total. The summed E-state index contributed by atoms with van der Waals surface area (Å²) in [7, 11) is 0. The average molecular weight is 297 g/mol. The Labute approximate surface area is 121 Å². The second kappa shape index (κ2) is 5.24. The van der Waals surface area contributed by atoms with Gasteiger partial charge in [0, 0.05) is 18.8 Å². The molecule has 1 heterocycles. The summed E-state index contributed by atoms with van der Waals surface area (Å²) >= 11 is 6.16. The Morgan fingerprint density at radius 1 is 1.10 bits per heavy atom. The Morgan fingerprint density at radius 2 is 1.80 bits per heavy atom. The highest BCUT2D eigenvalue weighted by Gasteiger charge is 2.36. The van der Waals surface area contributed by atoms with Crippen LogP contribution in [0.25, 0.3) is 11.0 Å². The Balaban J connectivity index is 2.02. The third-order valence-corrected chi connectivity index (χ3v) is 4.11. The van der Waals surface area contributed by atoms with Crippen LogP contribution in [0, 0.1) is 0 Å². The Kier molecular flexibility index (Phi) is 3.59. The lowest BCUT2D eigenvalue weighted by atomic mass is 9.95. The molecule has 0 N–H and O–H groups in total. The van der Waals surface area contributed by atoms with Gasteiger partial charge < -0.3 is 0 Å². The van der Waals surface area contributed by atoms with Gasteiger partial charge in [-0.15, -0.1) is 0 Å². The lowest BCUT2D eigenvalue weighted by molar-refractivity contribution is -0.0182. The van der Waals surface area contributed by atoms with Crippen LogP contribution in [-0.4, -0.2) is 15.9 Å². The summed E-state index contributed by atoms with van der Waals surface area (Å²) in [6.45, 7) is 0. The quantitative estimate of drug-likeness (QED) is 0.695. The molecule has 3 rings (SSSR count). The summed E-state index contributed by atoms with van der Waals surface area (Å²) in [4.78, 5) is 8.77. The van der Waals surface area contributed by atoms with Gasteiger partial charge in [-0.05, 0) is 25.0 Å². The van der Waals surface area contributed by atoms with Crippen molar-refractivity contribution in [3.05, 3.63) is 35.1 Å². The molecule has 0 amide bonds. The van der Waals surface area contributed by atoms with E-state index in [1.807, 2.05) is 24.3 Å². The number of benzene rings is 1. The number of hydrogen-bond acceptors (Lipinski definition) is 2. The monoisotopic (exact) mass is 296 g/mol. The molecule has 0 radical (unpaired) electrons. The first-order chi connectivity index (χ1) is 9.55. The molecule has 0 spiro atoms. The number of nitrogens with zero attached hydrogens (tertiary/aromatic N) is 2. The SMILES string of the molecule is FC1(F)CCCCC(c2nc3ccccc3nc2Cl)C1. The molecule has 1 aliphatic carbocycles. The van der Waals surface area contributed by atoms with Gasteiger partial charge >= 0.3 is 0 Å². The first-order valence-corrected chi connectivity index (χ1v) is 7.23. The summed E-state index contributed by atoms with van der Waals surface area (Å²) in [6, 6.07) is 7.36. The summed E-state index contributed by atoms with van der Waals surface area (Å²) in [5.41, 5.74) is 1.92. The van der Waals surface area contributed by atoms with E-state index in [4.69, 9.17) is 11.6 Å². The molecule has 1 aromatic carbocycles. The first kappa shape index (κ1) is 13.7.